The molecular formula is C15H22ClN3O2. The molecule has 2 rings (SSSR count). The Morgan fingerprint density at radius 3 is 2.76 bits per heavy atom. The van der Waals surface area contributed by atoms with Gasteiger partial charge in [0.2, 0.25) is 11.8 Å². The zero-order valence-electron chi connectivity index (χ0n) is 12.4. The summed E-state index contributed by atoms with van der Waals surface area (Å²) in [5.41, 5.74) is 8.42. The van der Waals surface area contributed by atoms with Gasteiger partial charge in [-0.2, -0.15) is 0 Å². The summed E-state index contributed by atoms with van der Waals surface area (Å²) < 4.78 is 0. The zero-order chi connectivity index (χ0) is 14.7. The third-order valence-corrected chi connectivity index (χ3v) is 3.37. The van der Waals surface area contributed by atoms with Crippen molar-refractivity contribution < 1.29 is 9.59 Å². The zero-order valence-corrected chi connectivity index (χ0v) is 13.2. The van der Waals surface area contributed by atoms with E-state index in [9.17, 15) is 9.59 Å². The van der Waals surface area contributed by atoms with Crippen molar-refractivity contribution in [2.24, 2.45) is 5.73 Å². The van der Waals surface area contributed by atoms with Crippen molar-refractivity contribution in [1.29, 1.82) is 0 Å². The summed E-state index contributed by atoms with van der Waals surface area (Å²) in [5.74, 6) is -0.0288. The van der Waals surface area contributed by atoms with Gasteiger partial charge in [0, 0.05) is 37.3 Å². The average Bonchev–Trinajstić information content (AvgIpc) is 2.36. The molecule has 1 aromatic rings. The summed E-state index contributed by atoms with van der Waals surface area (Å²) in [5, 5.41) is 2.85. The first kappa shape index (κ1) is 17.5. The number of nitrogens with zero attached hydrogens (tertiary/aromatic N) is 1. The Morgan fingerprint density at radius 1 is 1.43 bits per heavy atom. The van der Waals surface area contributed by atoms with E-state index in [2.05, 4.69) is 5.32 Å². The third-order valence-electron chi connectivity index (χ3n) is 3.37. The fourth-order valence-electron chi connectivity index (χ4n) is 2.51. The van der Waals surface area contributed by atoms with Crippen LogP contribution < -0.4 is 16.0 Å². The quantitative estimate of drug-likeness (QED) is 0.897. The molecule has 2 amide bonds. The highest BCUT2D eigenvalue weighted by Gasteiger charge is 2.20. The number of hydrogen-bond acceptors (Lipinski definition) is 3. The van der Waals surface area contributed by atoms with Crippen LogP contribution in [0.4, 0.5) is 11.4 Å². The molecule has 0 radical (unpaired) electrons. The van der Waals surface area contributed by atoms with E-state index in [1.54, 1.807) is 18.7 Å². The Kier molecular flexibility index (Phi) is 6.18. The number of fused-ring (bicyclic) bond motifs is 1. The van der Waals surface area contributed by atoms with E-state index in [0.29, 0.717) is 6.42 Å². The summed E-state index contributed by atoms with van der Waals surface area (Å²) >= 11 is 0. The molecule has 0 saturated heterocycles. The Labute approximate surface area is 131 Å². The van der Waals surface area contributed by atoms with E-state index in [4.69, 9.17) is 5.73 Å². The minimum atomic E-state index is -0.152. The lowest BCUT2D eigenvalue weighted by atomic mass is 10.0. The molecular weight excluding hydrogens is 290 g/mol. The number of halogens is 1. The minimum Gasteiger partial charge on any atom is -0.327 e. The van der Waals surface area contributed by atoms with Gasteiger partial charge < -0.3 is 16.0 Å². The monoisotopic (exact) mass is 311 g/mol. The molecule has 5 nitrogen and oxygen atoms in total. The maximum absolute atomic E-state index is 11.7. The van der Waals surface area contributed by atoms with Gasteiger partial charge in [0.15, 0.2) is 0 Å². The lowest BCUT2D eigenvalue weighted by Gasteiger charge is -2.29. The van der Waals surface area contributed by atoms with Crippen molar-refractivity contribution in [3.8, 4) is 0 Å². The van der Waals surface area contributed by atoms with Crippen LogP contribution in [0.15, 0.2) is 18.2 Å². The average molecular weight is 312 g/mol. The van der Waals surface area contributed by atoms with E-state index in [-0.39, 0.29) is 30.3 Å². The van der Waals surface area contributed by atoms with E-state index >= 15 is 0 Å². The van der Waals surface area contributed by atoms with Crippen molar-refractivity contribution in [3.05, 3.63) is 23.8 Å². The predicted molar refractivity (Wildman–Crippen MR) is 86.9 cm³/mol. The maximum Gasteiger partial charge on any atom is 0.225 e. The molecule has 0 spiro atoms. The molecule has 1 aromatic carbocycles. The molecule has 1 unspecified atom stereocenters. The van der Waals surface area contributed by atoms with E-state index in [0.717, 1.165) is 36.3 Å². The van der Waals surface area contributed by atoms with Crippen LogP contribution in [0.5, 0.6) is 0 Å². The summed E-state index contributed by atoms with van der Waals surface area (Å²) in [6.45, 7) is 4.14. The number of nitrogens with one attached hydrogen (secondary N) is 1. The lowest BCUT2D eigenvalue weighted by molar-refractivity contribution is -0.117. The highest BCUT2D eigenvalue weighted by Crippen LogP contribution is 2.29. The van der Waals surface area contributed by atoms with Gasteiger partial charge in [-0.15, -0.1) is 12.4 Å². The molecule has 0 fully saturated rings. The molecule has 1 heterocycles. The number of benzene rings is 1. The largest absolute Gasteiger partial charge is 0.327 e. The highest BCUT2D eigenvalue weighted by molar-refractivity contribution is 5.94. The van der Waals surface area contributed by atoms with Gasteiger partial charge in [-0.05, 0) is 43.5 Å². The van der Waals surface area contributed by atoms with Gasteiger partial charge in [0.1, 0.15) is 0 Å². The van der Waals surface area contributed by atoms with Crippen molar-refractivity contribution in [1.82, 2.24) is 0 Å². The van der Waals surface area contributed by atoms with Gasteiger partial charge >= 0.3 is 0 Å². The molecule has 6 heteroatoms. The second-order valence-corrected chi connectivity index (χ2v) is 5.35. The highest BCUT2D eigenvalue weighted by atomic mass is 35.5. The van der Waals surface area contributed by atoms with Crippen LogP contribution in [-0.2, 0) is 16.0 Å². The number of carbonyl (C=O) groups is 2. The van der Waals surface area contributed by atoms with Crippen LogP contribution >= 0.6 is 12.4 Å². The minimum absolute atomic E-state index is 0. The van der Waals surface area contributed by atoms with Crippen molar-refractivity contribution >= 4 is 35.6 Å². The number of nitrogens with two attached hydrogens (primary N) is 1. The second kappa shape index (κ2) is 7.43. The summed E-state index contributed by atoms with van der Waals surface area (Å²) in [6, 6.07) is 5.53. The first-order valence-electron chi connectivity index (χ1n) is 6.94. The van der Waals surface area contributed by atoms with Gasteiger partial charge in [-0.1, -0.05) is 0 Å². The number of hydrogen-bond donors (Lipinski definition) is 2. The van der Waals surface area contributed by atoms with Crippen LogP contribution in [0.25, 0.3) is 0 Å². The number of anilines is 2. The van der Waals surface area contributed by atoms with Gasteiger partial charge in [-0.3, -0.25) is 9.59 Å². The SMILES string of the molecule is CC(=O)N1CCCc2cc(NC(=O)CC(C)N)ccc21.Cl. The number of amides is 2. The molecule has 21 heavy (non-hydrogen) atoms. The van der Waals surface area contributed by atoms with Crippen molar-refractivity contribution in [3.63, 3.8) is 0 Å². The lowest BCUT2D eigenvalue weighted by Crippen LogP contribution is -2.33. The van der Waals surface area contributed by atoms with Crippen LogP contribution in [0.2, 0.25) is 0 Å². The van der Waals surface area contributed by atoms with Crippen molar-refractivity contribution in [2.45, 2.75) is 39.2 Å². The summed E-state index contributed by atoms with van der Waals surface area (Å²) in [6.07, 6.45) is 2.18. The van der Waals surface area contributed by atoms with Crippen LogP contribution in [-0.4, -0.2) is 24.4 Å². The fraction of sp³-hybridized carbons (Fsp3) is 0.467. The third kappa shape index (κ3) is 4.44. The Bertz CT molecular complexity index is 532. The smallest absolute Gasteiger partial charge is 0.225 e. The maximum atomic E-state index is 11.7. The van der Waals surface area contributed by atoms with Crippen LogP contribution in [0.3, 0.4) is 0 Å². The topological polar surface area (TPSA) is 75.4 Å². The molecule has 0 saturated carbocycles. The van der Waals surface area contributed by atoms with Crippen molar-refractivity contribution in [2.75, 3.05) is 16.8 Å². The fourth-order valence-corrected chi connectivity index (χ4v) is 2.51. The number of rotatable bonds is 3. The van der Waals surface area contributed by atoms with E-state index < -0.39 is 0 Å². The molecule has 116 valence electrons. The van der Waals surface area contributed by atoms with E-state index in [1.165, 1.54) is 0 Å². The second-order valence-electron chi connectivity index (χ2n) is 5.35. The number of aryl methyl sites for hydroxylation is 1. The van der Waals surface area contributed by atoms with Crippen LogP contribution in [0.1, 0.15) is 32.3 Å². The van der Waals surface area contributed by atoms with Crippen LogP contribution in [0, 0.1) is 0 Å². The number of carbonyl (C=O) groups excluding carboxylic acids is 2. The first-order chi connectivity index (χ1) is 9.47. The van der Waals surface area contributed by atoms with Gasteiger partial charge in [0.05, 0.1) is 0 Å². The Balaban J connectivity index is 0.00000220. The predicted octanol–water partition coefficient (Wildman–Crippen LogP) is 2.08. The molecule has 1 atom stereocenters. The molecule has 3 N–H and O–H groups in total. The first-order valence-corrected chi connectivity index (χ1v) is 6.94. The molecule has 1 aliphatic rings. The normalized spacial score (nSPS) is 14.7. The standard InChI is InChI=1S/C15H21N3O2.ClH/c1-10(16)8-15(20)17-13-5-6-14-12(9-13)4-3-7-18(14)11(2)19;/h5-6,9-10H,3-4,7-8,16H2,1-2H3,(H,17,20);1H. The Hall–Kier alpha value is -1.59. The van der Waals surface area contributed by atoms with Gasteiger partial charge in [-0.25, -0.2) is 0 Å². The Morgan fingerprint density at radius 2 is 2.14 bits per heavy atom. The summed E-state index contributed by atoms with van der Waals surface area (Å²) in [4.78, 5) is 25.1. The van der Waals surface area contributed by atoms with E-state index in [1.807, 2.05) is 18.2 Å². The molecule has 1 aliphatic heterocycles. The van der Waals surface area contributed by atoms with Gasteiger partial charge in [0.25, 0.3) is 0 Å². The summed E-state index contributed by atoms with van der Waals surface area (Å²) in [7, 11) is 0. The molecule has 0 aliphatic carbocycles. The molecule has 0 aromatic heterocycles. The molecule has 0 bridgehead atoms.